The van der Waals surface area contributed by atoms with Gasteiger partial charge in [-0.15, -0.1) is 0 Å². The Morgan fingerprint density at radius 2 is 1.89 bits per heavy atom. The van der Waals surface area contributed by atoms with Crippen LogP contribution in [0.15, 0.2) is 11.8 Å². The Kier molecular flexibility index (Phi) is 8.02. The molecule has 0 fully saturated rings. The first-order valence-corrected chi connectivity index (χ1v) is 6.35. The average molecular weight is 267 g/mol. The number of nitrogens with zero attached hydrogens (tertiary/aromatic N) is 2. The summed E-state index contributed by atoms with van der Waals surface area (Å²) in [4.78, 5) is 24.3. The van der Waals surface area contributed by atoms with E-state index in [0.29, 0.717) is 0 Å². The van der Waals surface area contributed by atoms with E-state index in [1.54, 1.807) is 0 Å². The summed E-state index contributed by atoms with van der Waals surface area (Å²) in [6, 6.07) is 0.789. The predicted octanol–water partition coefficient (Wildman–Crippen LogP) is 1.11. The number of hydrogen-bond donors (Lipinski definition) is 2. The lowest BCUT2D eigenvalue weighted by Crippen LogP contribution is -2.39. The van der Waals surface area contributed by atoms with E-state index in [4.69, 9.17) is 10.4 Å². The van der Waals surface area contributed by atoms with Gasteiger partial charge in [0.05, 0.1) is 0 Å². The highest BCUT2D eigenvalue weighted by atomic mass is 16.4. The fourth-order valence-corrected chi connectivity index (χ4v) is 1.47. The third kappa shape index (κ3) is 6.46. The molecule has 0 saturated heterocycles. The maximum absolute atomic E-state index is 11.7. The molecule has 0 radical (unpaired) electrons. The standard InChI is InChI=1S/C13H21N3O3/c1-4-6-16(7-5-2)9-11(8-14)12(17)15-10(3)13(18)19/h9-10H,4-7H2,1-3H3,(H,15,17)(H,18,19)/b11-9-. The molecule has 106 valence electrons. The summed E-state index contributed by atoms with van der Waals surface area (Å²) in [5, 5.41) is 20.0. The van der Waals surface area contributed by atoms with E-state index < -0.39 is 17.9 Å². The molecule has 0 saturated carbocycles. The van der Waals surface area contributed by atoms with Gasteiger partial charge in [-0.2, -0.15) is 5.26 Å². The first-order valence-electron chi connectivity index (χ1n) is 6.35. The zero-order valence-electron chi connectivity index (χ0n) is 11.6. The Labute approximate surface area is 113 Å². The van der Waals surface area contributed by atoms with Crippen molar-refractivity contribution >= 4 is 11.9 Å². The fraction of sp³-hybridized carbons (Fsp3) is 0.615. The second-order valence-electron chi connectivity index (χ2n) is 4.22. The Bertz CT molecular complexity index is 379. The van der Waals surface area contributed by atoms with E-state index in [-0.39, 0.29) is 5.57 Å². The fourth-order valence-electron chi connectivity index (χ4n) is 1.47. The van der Waals surface area contributed by atoms with E-state index in [9.17, 15) is 9.59 Å². The molecule has 0 heterocycles. The van der Waals surface area contributed by atoms with E-state index in [0.717, 1.165) is 25.9 Å². The van der Waals surface area contributed by atoms with Crippen LogP contribution in [0.4, 0.5) is 0 Å². The van der Waals surface area contributed by atoms with Gasteiger partial charge in [-0.05, 0) is 19.8 Å². The molecule has 1 unspecified atom stereocenters. The van der Waals surface area contributed by atoms with Crippen LogP contribution in [0.5, 0.6) is 0 Å². The van der Waals surface area contributed by atoms with Crippen LogP contribution in [0.2, 0.25) is 0 Å². The average Bonchev–Trinajstić information content (AvgIpc) is 2.35. The third-order valence-corrected chi connectivity index (χ3v) is 2.42. The van der Waals surface area contributed by atoms with Gasteiger partial charge in [0, 0.05) is 19.3 Å². The van der Waals surface area contributed by atoms with Crippen molar-refractivity contribution in [2.24, 2.45) is 0 Å². The Morgan fingerprint density at radius 3 is 2.26 bits per heavy atom. The summed E-state index contributed by atoms with van der Waals surface area (Å²) in [5.74, 6) is -1.79. The summed E-state index contributed by atoms with van der Waals surface area (Å²) in [5.41, 5.74) is -0.0741. The number of nitrogens with one attached hydrogen (secondary N) is 1. The first-order chi connectivity index (χ1) is 8.96. The molecule has 0 aromatic rings. The summed E-state index contributed by atoms with van der Waals surface area (Å²) in [6.45, 7) is 6.87. The van der Waals surface area contributed by atoms with Gasteiger partial charge >= 0.3 is 5.97 Å². The number of carbonyl (C=O) groups excluding carboxylic acids is 1. The molecule has 0 aromatic carbocycles. The van der Waals surface area contributed by atoms with Crippen LogP contribution in [0.3, 0.4) is 0 Å². The summed E-state index contributed by atoms with van der Waals surface area (Å²) in [6.07, 6.45) is 3.31. The molecule has 19 heavy (non-hydrogen) atoms. The molecule has 0 rings (SSSR count). The minimum Gasteiger partial charge on any atom is -0.480 e. The smallest absolute Gasteiger partial charge is 0.325 e. The van der Waals surface area contributed by atoms with Gasteiger partial charge in [0.25, 0.3) is 5.91 Å². The Balaban J connectivity index is 4.82. The highest BCUT2D eigenvalue weighted by molar-refractivity contribution is 5.99. The monoisotopic (exact) mass is 267 g/mol. The van der Waals surface area contributed by atoms with E-state index >= 15 is 0 Å². The van der Waals surface area contributed by atoms with Gasteiger partial charge < -0.3 is 15.3 Å². The Morgan fingerprint density at radius 1 is 1.37 bits per heavy atom. The summed E-state index contributed by atoms with van der Waals surface area (Å²) >= 11 is 0. The van der Waals surface area contributed by atoms with Crippen LogP contribution in [0.1, 0.15) is 33.6 Å². The number of nitriles is 1. The summed E-state index contributed by atoms with van der Waals surface area (Å²) < 4.78 is 0. The number of carbonyl (C=O) groups is 2. The molecule has 0 spiro atoms. The highest BCUT2D eigenvalue weighted by Crippen LogP contribution is 2.02. The molecule has 2 N–H and O–H groups in total. The van der Waals surface area contributed by atoms with Crippen molar-refractivity contribution in [2.45, 2.75) is 39.7 Å². The summed E-state index contributed by atoms with van der Waals surface area (Å²) in [7, 11) is 0. The third-order valence-electron chi connectivity index (χ3n) is 2.42. The number of aliphatic carboxylic acids is 1. The normalized spacial score (nSPS) is 12.4. The van der Waals surface area contributed by atoms with Gasteiger partial charge in [0.1, 0.15) is 17.7 Å². The largest absolute Gasteiger partial charge is 0.480 e. The molecular weight excluding hydrogens is 246 g/mol. The maximum Gasteiger partial charge on any atom is 0.325 e. The Hall–Kier alpha value is -2.03. The minimum atomic E-state index is -1.13. The van der Waals surface area contributed by atoms with Gasteiger partial charge in [0.2, 0.25) is 0 Å². The van der Waals surface area contributed by atoms with Crippen molar-refractivity contribution in [1.82, 2.24) is 10.2 Å². The molecule has 6 heteroatoms. The predicted molar refractivity (Wildman–Crippen MR) is 71.1 cm³/mol. The van der Waals surface area contributed by atoms with E-state index in [2.05, 4.69) is 5.32 Å². The van der Waals surface area contributed by atoms with Crippen molar-refractivity contribution < 1.29 is 14.7 Å². The van der Waals surface area contributed by atoms with Crippen LogP contribution < -0.4 is 5.32 Å². The van der Waals surface area contributed by atoms with Gasteiger partial charge in [-0.1, -0.05) is 13.8 Å². The van der Waals surface area contributed by atoms with Crippen molar-refractivity contribution in [3.63, 3.8) is 0 Å². The molecular formula is C13H21N3O3. The number of carboxylic acids is 1. The van der Waals surface area contributed by atoms with Crippen LogP contribution in [0, 0.1) is 11.3 Å². The SMILES string of the molecule is CCCN(/C=C(/C#N)C(=O)NC(C)C(=O)O)CCC. The lowest BCUT2D eigenvalue weighted by atomic mass is 10.2. The quantitative estimate of drug-likeness (QED) is 0.507. The minimum absolute atomic E-state index is 0.0741. The second-order valence-corrected chi connectivity index (χ2v) is 4.22. The van der Waals surface area contributed by atoms with Crippen LogP contribution in [-0.2, 0) is 9.59 Å². The number of rotatable bonds is 8. The zero-order valence-corrected chi connectivity index (χ0v) is 11.6. The molecule has 0 aromatic heterocycles. The molecule has 6 nitrogen and oxygen atoms in total. The second kappa shape index (κ2) is 8.97. The zero-order chi connectivity index (χ0) is 14.8. The lowest BCUT2D eigenvalue weighted by Gasteiger charge is -2.19. The maximum atomic E-state index is 11.7. The van der Waals surface area contributed by atoms with Gasteiger partial charge in [0.15, 0.2) is 0 Å². The molecule has 1 atom stereocenters. The van der Waals surface area contributed by atoms with E-state index in [1.807, 2.05) is 24.8 Å². The molecule has 1 amide bonds. The highest BCUT2D eigenvalue weighted by Gasteiger charge is 2.17. The molecule has 0 aliphatic heterocycles. The molecule has 0 aliphatic carbocycles. The van der Waals surface area contributed by atoms with Gasteiger partial charge in [-0.3, -0.25) is 9.59 Å². The topological polar surface area (TPSA) is 93.4 Å². The van der Waals surface area contributed by atoms with Gasteiger partial charge in [-0.25, -0.2) is 0 Å². The number of amides is 1. The van der Waals surface area contributed by atoms with Crippen molar-refractivity contribution in [3.05, 3.63) is 11.8 Å². The first kappa shape index (κ1) is 17.0. The number of carboxylic acid groups (broad SMARTS) is 1. The molecule has 0 bridgehead atoms. The van der Waals surface area contributed by atoms with Crippen LogP contribution in [0.25, 0.3) is 0 Å². The van der Waals surface area contributed by atoms with Crippen LogP contribution in [-0.4, -0.2) is 41.0 Å². The van der Waals surface area contributed by atoms with Crippen molar-refractivity contribution in [1.29, 1.82) is 5.26 Å². The van der Waals surface area contributed by atoms with Crippen molar-refractivity contribution in [2.75, 3.05) is 13.1 Å². The molecule has 0 aliphatic rings. The van der Waals surface area contributed by atoms with E-state index in [1.165, 1.54) is 13.1 Å². The van der Waals surface area contributed by atoms with Crippen molar-refractivity contribution in [3.8, 4) is 6.07 Å². The number of hydrogen-bond acceptors (Lipinski definition) is 4. The lowest BCUT2D eigenvalue weighted by molar-refractivity contribution is -0.140. The van der Waals surface area contributed by atoms with Crippen LogP contribution >= 0.6 is 0 Å².